The maximum atomic E-state index is 14.0. The number of carbonyl (C=O) groups is 2. The van der Waals surface area contributed by atoms with Gasteiger partial charge < -0.3 is 24.7 Å². The van der Waals surface area contributed by atoms with Crippen molar-refractivity contribution in [2.24, 2.45) is 5.16 Å². The van der Waals surface area contributed by atoms with Crippen molar-refractivity contribution in [3.8, 4) is 5.75 Å². The molecule has 2 bridgehead atoms. The molecule has 1 fully saturated rings. The molecular formula is C23H21F3N4O5. The van der Waals surface area contributed by atoms with Gasteiger partial charge in [0, 0.05) is 55.7 Å². The van der Waals surface area contributed by atoms with Crippen LogP contribution in [-0.4, -0.2) is 50.8 Å². The first-order chi connectivity index (χ1) is 16.6. The van der Waals surface area contributed by atoms with Gasteiger partial charge in [0.2, 0.25) is 5.43 Å². The van der Waals surface area contributed by atoms with Crippen molar-refractivity contribution in [3.05, 3.63) is 62.8 Å². The molecule has 0 radical (unpaired) electrons. The maximum absolute atomic E-state index is 14.0. The van der Waals surface area contributed by atoms with Crippen LogP contribution in [0.25, 0.3) is 0 Å². The Bertz CT molecular complexity index is 1310. The van der Waals surface area contributed by atoms with Gasteiger partial charge in [-0.15, -0.1) is 0 Å². The SMILES string of the molecule is C[C@H]1CC[C@]2(CC=NO2)[C@H]2CN1C(=O)c1c(O)c(=O)c(C(=O)NCc3c(F)cc(F)cc3F)cn12. The Kier molecular flexibility index (Phi) is 5.33. The van der Waals surface area contributed by atoms with E-state index in [-0.39, 0.29) is 18.3 Å². The quantitative estimate of drug-likeness (QED) is 0.685. The van der Waals surface area contributed by atoms with Crippen LogP contribution in [0.1, 0.15) is 58.6 Å². The lowest BCUT2D eigenvalue weighted by atomic mass is 9.86. The fourth-order valence-corrected chi connectivity index (χ4v) is 5.03. The Morgan fingerprint density at radius 3 is 2.66 bits per heavy atom. The first kappa shape index (κ1) is 22.9. The van der Waals surface area contributed by atoms with Gasteiger partial charge in [-0.3, -0.25) is 14.4 Å². The average molecular weight is 490 g/mol. The molecule has 0 saturated carbocycles. The number of benzene rings is 1. The summed E-state index contributed by atoms with van der Waals surface area (Å²) in [6.45, 7) is 1.41. The van der Waals surface area contributed by atoms with Crippen LogP contribution < -0.4 is 10.7 Å². The molecule has 4 heterocycles. The van der Waals surface area contributed by atoms with Gasteiger partial charge >= 0.3 is 0 Å². The number of fused-ring (bicyclic) bond motifs is 5. The molecule has 2 amide bonds. The Morgan fingerprint density at radius 1 is 1.29 bits per heavy atom. The second-order valence-electron chi connectivity index (χ2n) is 9.02. The number of aromatic hydroxyl groups is 1. The lowest BCUT2D eigenvalue weighted by molar-refractivity contribution is -0.0655. The molecule has 1 aromatic carbocycles. The van der Waals surface area contributed by atoms with E-state index in [4.69, 9.17) is 4.84 Å². The molecular weight excluding hydrogens is 469 g/mol. The number of amides is 2. The standard InChI is InChI=1S/C23H21F3N4O5/c1-11-2-3-23(4-5-28-35-23)17-10-29(11)22(34)18-20(32)19(31)14(9-30(17)18)21(33)27-8-13-15(25)6-12(24)7-16(13)26/h5-7,9,11,17,32H,2-4,8,10H2,1H3,(H,27,33)/t11-,17+,23-/m0/s1. The van der Waals surface area contributed by atoms with E-state index in [0.29, 0.717) is 31.4 Å². The Morgan fingerprint density at radius 2 is 2.00 bits per heavy atom. The van der Waals surface area contributed by atoms with E-state index < -0.39 is 69.8 Å². The fourth-order valence-electron chi connectivity index (χ4n) is 5.03. The smallest absolute Gasteiger partial charge is 0.274 e. The minimum atomic E-state index is -1.20. The third kappa shape index (κ3) is 3.55. The van der Waals surface area contributed by atoms with Crippen LogP contribution in [0.3, 0.4) is 0 Å². The van der Waals surface area contributed by atoms with Crippen molar-refractivity contribution in [1.29, 1.82) is 0 Å². The molecule has 35 heavy (non-hydrogen) atoms. The van der Waals surface area contributed by atoms with Gasteiger partial charge in [0.15, 0.2) is 17.0 Å². The average Bonchev–Trinajstić information content (AvgIpc) is 3.24. The third-order valence-electron chi connectivity index (χ3n) is 7.03. The van der Waals surface area contributed by atoms with Gasteiger partial charge in [0.25, 0.3) is 11.8 Å². The number of nitrogens with zero attached hydrogens (tertiary/aromatic N) is 3. The third-order valence-corrected chi connectivity index (χ3v) is 7.03. The van der Waals surface area contributed by atoms with E-state index in [0.717, 1.165) is 6.20 Å². The summed E-state index contributed by atoms with van der Waals surface area (Å²) in [5.41, 5.74) is -3.33. The number of hydrogen-bond acceptors (Lipinski definition) is 6. The summed E-state index contributed by atoms with van der Waals surface area (Å²) in [6.07, 6.45) is 4.35. The normalized spacial score (nSPS) is 24.8. The van der Waals surface area contributed by atoms with Crippen LogP contribution in [0, 0.1) is 17.5 Å². The van der Waals surface area contributed by atoms with Crippen molar-refractivity contribution >= 4 is 18.0 Å². The minimum Gasteiger partial charge on any atom is -0.503 e. The van der Waals surface area contributed by atoms with Gasteiger partial charge in [0.1, 0.15) is 23.0 Å². The number of hydrogen-bond donors (Lipinski definition) is 2. The van der Waals surface area contributed by atoms with Crippen LogP contribution in [0.2, 0.25) is 0 Å². The molecule has 12 heteroatoms. The van der Waals surface area contributed by atoms with E-state index in [1.54, 1.807) is 11.1 Å². The van der Waals surface area contributed by atoms with E-state index in [1.807, 2.05) is 6.92 Å². The van der Waals surface area contributed by atoms with Crippen molar-refractivity contribution in [3.63, 3.8) is 0 Å². The molecule has 5 rings (SSSR count). The van der Waals surface area contributed by atoms with Crippen molar-refractivity contribution in [1.82, 2.24) is 14.8 Å². The second-order valence-corrected chi connectivity index (χ2v) is 9.02. The largest absolute Gasteiger partial charge is 0.503 e. The molecule has 3 aliphatic heterocycles. The zero-order valence-electron chi connectivity index (χ0n) is 18.6. The zero-order valence-corrected chi connectivity index (χ0v) is 18.6. The van der Waals surface area contributed by atoms with Gasteiger partial charge in [-0.05, 0) is 19.8 Å². The Hall–Kier alpha value is -3.83. The molecule has 3 atom stereocenters. The molecule has 0 aliphatic carbocycles. The molecule has 9 nitrogen and oxygen atoms in total. The van der Waals surface area contributed by atoms with Crippen LogP contribution in [0.4, 0.5) is 13.2 Å². The highest BCUT2D eigenvalue weighted by atomic mass is 19.1. The monoisotopic (exact) mass is 490 g/mol. The molecule has 2 N–H and O–H groups in total. The summed E-state index contributed by atoms with van der Waals surface area (Å²) in [7, 11) is 0. The summed E-state index contributed by atoms with van der Waals surface area (Å²) < 4.78 is 42.4. The maximum Gasteiger partial charge on any atom is 0.274 e. The summed E-state index contributed by atoms with van der Waals surface area (Å²) >= 11 is 0. The number of aromatic nitrogens is 1. The molecule has 3 aliphatic rings. The number of rotatable bonds is 3. The van der Waals surface area contributed by atoms with Gasteiger partial charge in [0.05, 0.1) is 6.04 Å². The first-order valence-corrected chi connectivity index (χ1v) is 11.0. The van der Waals surface area contributed by atoms with Crippen molar-refractivity contribution < 1.29 is 32.7 Å². The number of carbonyl (C=O) groups excluding carboxylic acids is 2. The van der Waals surface area contributed by atoms with Crippen LogP contribution in [-0.2, 0) is 11.4 Å². The predicted octanol–water partition coefficient (Wildman–Crippen LogP) is 2.23. The molecule has 0 unspecified atom stereocenters. The van der Waals surface area contributed by atoms with Gasteiger partial charge in [-0.25, -0.2) is 13.2 Å². The number of halogens is 3. The van der Waals surface area contributed by atoms with Gasteiger partial charge in [-0.2, -0.15) is 0 Å². The van der Waals surface area contributed by atoms with E-state index in [1.165, 1.54) is 4.57 Å². The van der Waals surface area contributed by atoms with E-state index >= 15 is 0 Å². The Labute approximate surface area is 196 Å². The van der Waals surface area contributed by atoms with E-state index in [9.17, 15) is 32.7 Å². The summed E-state index contributed by atoms with van der Waals surface area (Å²) in [5, 5.41) is 16.8. The van der Waals surface area contributed by atoms with Gasteiger partial charge in [-0.1, -0.05) is 5.16 Å². The molecule has 1 saturated heterocycles. The summed E-state index contributed by atoms with van der Waals surface area (Å²) in [4.78, 5) is 46.2. The van der Waals surface area contributed by atoms with Crippen molar-refractivity contribution in [2.75, 3.05) is 6.54 Å². The predicted molar refractivity (Wildman–Crippen MR) is 116 cm³/mol. The second kappa shape index (κ2) is 8.14. The summed E-state index contributed by atoms with van der Waals surface area (Å²) in [6, 6.07) is 0.197. The lowest BCUT2D eigenvalue weighted by Gasteiger charge is -2.41. The topological polar surface area (TPSA) is 113 Å². The van der Waals surface area contributed by atoms with Crippen molar-refractivity contribution in [2.45, 2.75) is 50.4 Å². The molecule has 1 spiro atoms. The highest BCUT2D eigenvalue weighted by Crippen LogP contribution is 2.45. The minimum absolute atomic E-state index is 0.180. The molecule has 2 aromatic rings. The first-order valence-electron chi connectivity index (χ1n) is 11.0. The molecule has 1 aromatic heterocycles. The van der Waals surface area contributed by atoms with Crippen LogP contribution in [0.15, 0.2) is 28.3 Å². The Balaban J connectivity index is 1.54. The van der Waals surface area contributed by atoms with Crippen LogP contribution in [0.5, 0.6) is 5.75 Å². The number of pyridine rings is 1. The van der Waals surface area contributed by atoms with E-state index in [2.05, 4.69) is 10.5 Å². The summed E-state index contributed by atoms with van der Waals surface area (Å²) in [5.74, 6) is -6.01. The highest BCUT2D eigenvalue weighted by Gasteiger charge is 2.52. The van der Waals surface area contributed by atoms with Crippen LogP contribution >= 0.6 is 0 Å². The fraction of sp³-hybridized carbons (Fsp3) is 0.391. The zero-order chi connectivity index (χ0) is 25.1. The molecule has 184 valence electrons. The number of nitrogens with one attached hydrogen (secondary N) is 1. The number of oxime groups is 1. The lowest BCUT2D eigenvalue weighted by Crippen LogP contribution is -2.52. The highest BCUT2D eigenvalue weighted by molar-refractivity contribution is 5.99.